The van der Waals surface area contributed by atoms with E-state index >= 15 is 0 Å². The molecule has 0 spiro atoms. The number of para-hydroxylation sites is 1. The highest BCUT2D eigenvalue weighted by molar-refractivity contribution is 7.99. The van der Waals surface area contributed by atoms with Crippen LogP contribution in [0.2, 0.25) is 0 Å². The Morgan fingerprint density at radius 1 is 1.03 bits per heavy atom. The fourth-order valence-corrected chi connectivity index (χ4v) is 6.02. The minimum absolute atomic E-state index is 0.135. The fraction of sp³-hybridized carbons (Fsp3) is 0.375. The highest BCUT2D eigenvalue weighted by atomic mass is 32.2. The number of hydrogen-bond donors (Lipinski definition) is 1. The second kappa shape index (κ2) is 10.7. The van der Waals surface area contributed by atoms with Crippen molar-refractivity contribution in [1.82, 2.24) is 14.5 Å². The number of carbonyl (C=O) groups is 1. The SMILES string of the molecule is CCc1cccc(CC)c1NC(=O)CSc1nnc(-c2ccc(S(=O)(=O)N3CCCC3)cc2)o1. The Morgan fingerprint density at radius 3 is 2.29 bits per heavy atom. The number of sulfonamides is 1. The fourth-order valence-electron chi connectivity index (χ4n) is 3.94. The van der Waals surface area contributed by atoms with Crippen LogP contribution in [0.15, 0.2) is 57.0 Å². The maximum Gasteiger partial charge on any atom is 0.277 e. The van der Waals surface area contributed by atoms with E-state index in [1.807, 2.05) is 18.2 Å². The molecule has 180 valence electrons. The molecule has 1 fully saturated rings. The first kappa shape index (κ1) is 24.4. The molecule has 8 nitrogen and oxygen atoms in total. The summed E-state index contributed by atoms with van der Waals surface area (Å²) in [5.41, 5.74) is 3.71. The summed E-state index contributed by atoms with van der Waals surface area (Å²) < 4.78 is 32.6. The van der Waals surface area contributed by atoms with Crippen LogP contribution in [0, 0.1) is 0 Å². The third kappa shape index (κ3) is 5.34. The maximum absolute atomic E-state index is 12.7. The van der Waals surface area contributed by atoms with Gasteiger partial charge in [0.05, 0.1) is 10.6 Å². The van der Waals surface area contributed by atoms with Crippen LogP contribution >= 0.6 is 11.8 Å². The van der Waals surface area contributed by atoms with Gasteiger partial charge in [-0.05, 0) is 61.1 Å². The molecule has 0 aliphatic carbocycles. The van der Waals surface area contributed by atoms with Crippen LogP contribution in [0.1, 0.15) is 37.8 Å². The van der Waals surface area contributed by atoms with Crippen LogP contribution < -0.4 is 5.32 Å². The molecular formula is C24H28N4O4S2. The molecule has 3 aromatic rings. The van der Waals surface area contributed by atoms with Gasteiger partial charge in [-0.1, -0.05) is 43.8 Å². The maximum atomic E-state index is 12.7. The molecule has 0 atom stereocenters. The Kier molecular flexibility index (Phi) is 7.70. The zero-order chi connectivity index (χ0) is 24.1. The van der Waals surface area contributed by atoms with Crippen molar-refractivity contribution in [1.29, 1.82) is 0 Å². The molecule has 0 bridgehead atoms. The smallest absolute Gasteiger partial charge is 0.277 e. The van der Waals surface area contributed by atoms with E-state index in [0.29, 0.717) is 18.7 Å². The monoisotopic (exact) mass is 500 g/mol. The number of amides is 1. The first-order chi connectivity index (χ1) is 16.4. The van der Waals surface area contributed by atoms with E-state index in [0.717, 1.165) is 54.3 Å². The molecule has 1 N–H and O–H groups in total. The van der Waals surface area contributed by atoms with Crippen LogP contribution in [0.5, 0.6) is 0 Å². The number of nitrogens with zero attached hydrogens (tertiary/aromatic N) is 3. The zero-order valence-corrected chi connectivity index (χ0v) is 20.9. The Bertz CT molecular complexity index is 1230. The number of benzene rings is 2. The molecule has 0 saturated carbocycles. The van der Waals surface area contributed by atoms with Gasteiger partial charge in [0.15, 0.2) is 0 Å². The van der Waals surface area contributed by atoms with E-state index in [2.05, 4.69) is 29.4 Å². The van der Waals surface area contributed by atoms with E-state index in [-0.39, 0.29) is 27.7 Å². The normalized spacial score (nSPS) is 14.4. The molecule has 1 aliphatic rings. The summed E-state index contributed by atoms with van der Waals surface area (Å²) in [7, 11) is -3.47. The topological polar surface area (TPSA) is 105 Å². The standard InChI is InChI=1S/C24H28N4O4S2/c1-3-17-8-7-9-18(4-2)22(17)25-21(29)16-33-24-27-26-23(32-24)19-10-12-20(13-11-19)34(30,31)28-14-5-6-15-28/h7-13H,3-6,14-16H2,1-2H3,(H,25,29). The number of carbonyl (C=O) groups excluding carboxylic acids is 1. The number of aromatic nitrogens is 2. The Labute approximate surface area is 204 Å². The van der Waals surface area contributed by atoms with Crippen molar-refractivity contribution in [2.24, 2.45) is 0 Å². The molecule has 1 amide bonds. The number of rotatable bonds is 9. The van der Waals surface area contributed by atoms with Gasteiger partial charge in [-0.2, -0.15) is 4.31 Å². The largest absolute Gasteiger partial charge is 0.411 e. The Balaban J connectivity index is 1.38. The Morgan fingerprint density at radius 2 is 1.68 bits per heavy atom. The number of thioether (sulfide) groups is 1. The highest BCUT2D eigenvalue weighted by Crippen LogP contribution is 2.27. The van der Waals surface area contributed by atoms with Gasteiger partial charge in [-0.3, -0.25) is 4.79 Å². The van der Waals surface area contributed by atoms with Crippen LogP contribution in [-0.2, 0) is 27.7 Å². The molecule has 1 aromatic heterocycles. The van der Waals surface area contributed by atoms with Crippen LogP contribution in [-0.4, -0.2) is 47.7 Å². The lowest BCUT2D eigenvalue weighted by molar-refractivity contribution is -0.113. The predicted molar refractivity (Wildman–Crippen MR) is 132 cm³/mol. The zero-order valence-electron chi connectivity index (χ0n) is 19.3. The minimum atomic E-state index is -3.47. The van der Waals surface area contributed by atoms with Gasteiger partial charge in [0.1, 0.15) is 0 Å². The molecule has 1 saturated heterocycles. The van der Waals surface area contributed by atoms with Gasteiger partial charge in [0, 0.05) is 24.3 Å². The van der Waals surface area contributed by atoms with Crippen molar-refractivity contribution in [2.75, 3.05) is 24.2 Å². The first-order valence-electron chi connectivity index (χ1n) is 11.4. The molecular weight excluding hydrogens is 472 g/mol. The van der Waals surface area contributed by atoms with Crippen LogP contribution in [0.3, 0.4) is 0 Å². The van der Waals surface area contributed by atoms with Gasteiger partial charge in [0.2, 0.25) is 21.8 Å². The molecule has 1 aliphatic heterocycles. The molecule has 4 rings (SSSR count). The van der Waals surface area contributed by atoms with Gasteiger partial charge < -0.3 is 9.73 Å². The average molecular weight is 501 g/mol. The highest BCUT2D eigenvalue weighted by Gasteiger charge is 2.27. The summed E-state index contributed by atoms with van der Waals surface area (Å²) >= 11 is 1.16. The lowest BCUT2D eigenvalue weighted by atomic mass is 10.0. The third-order valence-electron chi connectivity index (χ3n) is 5.80. The summed E-state index contributed by atoms with van der Waals surface area (Å²) in [4.78, 5) is 12.8. The first-order valence-corrected chi connectivity index (χ1v) is 13.8. The Hall–Kier alpha value is -2.69. The second-order valence-electron chi connectivity index (χ2n) is 8.00. The molecule has 2 heterocycles. The summed E-state index contributed by atoms with van der Waals surface area (Å²) in [6, 6.07) is 12.5. The third-order valence-corrected chi connectivity index (χ3v) is 8.53. The van der Waals surface area contributed by atoms with Crippen molar-refractivity contribution in [3.63, 3.8) is 0 Å². The quantitative estimate of drug-likeness (QED) is 0.435. The van der Waals surface area contributed by atoms with Gasteiger partial charge >= 0.3 is 0 Å². The number of aryl methyl sites for hydroxylation is 2. The van der Waals surface area contributed by atoms with E-state index in [1.165, 1.54) is 4.31 Å². The van der Waals surface area contributed by atoms with E-state index < -0.39 is 10.0 Å². The summed E-state index contributed by atoms with van der Waals surface area (Å²) in [6.45, 7) is 5.25. The molecule has 0 radical (unpaired) electrons. The molecule has 0 unspecified atom stereocenters. The number of anilines is 1. The van der Waals surface area contributed by atoms with Gasteiger partial charge in [-0.15, -0.1) is 10.2 Å². The van der Waals surface area contributed by atoms with Crippen molar-refractivity contribution >= 4 is 33.4 Å². The number of hydrogen-bond acceptors (Lipinski definition) is 7. The average Bonchev–Trinajstić information content (AvgIpc) is 3.56. The summed E-state index contributed by atoms with van der Waals surface area (Å²) in [5, 5.41) is 11.4. The lowest BCUT2D eigenvalue weighted by Gasteiger charge is -2.15. The number of nitrogens with one attached hydrogen (secondary N) is 1. The van der Waals surface area contributed by atoms with Gasteiger partial charge in [0.25, 0.3) is 5.22 Å². The summed E-state index contributed by atoms with van der Waals surface area (Å²) in [5.74, 6) is 0.269. The van der Waals surface area contributed by atoms with Crippen molar-refractivity contribution in [3.05, 3.63) is 53.6 Å². The lowest BCUT2D eigenvalue weighted by Crippen LogP contribution is -2.27. The molecule has 34 heavy (non-hydrogen) atoms. The minimum Gasteiger partial charge on any atom is -0.411 e. The predicted octanol–water partition coefficient (Wildman–Crippen LogP) is 4.38. The van der Waals surface area contributed by atoms with Crippen LogP contribution in [0.4, 0.5) is 5.69 Å². The summed E-state index contributed by atoms with van der Waals surface area (Å²) in [6.07, 6.45) is 3.45. The molecule has 2 aromatic carbocycles. The van der Waals surface area contributed by atoms with Crippen molar-refractivity contribution in [2.45, 2.75) is 49.6 Å². The van der Waals surface area contributed by atoms with E-state index in [1.54, 1.807) is 24.3 Å². The van der Waals surface area contributed by atoms with Gasteiger partial charge in [-0.25, -0.2) is 8.42 Å². The second-order valence-corrected chi connectivity index (χ2v) is 10.9. The van der Waals surface area contributed by atoms with Crippen molar-refractivity contribution in [3.8, 4) is 11.5 Å². The molecule has 10 heteroatoms. The van der Waals surface area contributed by atoms with Crippen LogP contribution in [0.25, 0.3) is 11.5 Å². The van der Waals surface area contributed by atoms with E-state index in [9.17, 15) is 13.2 Å². The van der Waals surface area contributed by atoms with Crippen molar-refractivity contribution < 1.29 is 17.6 Å². The van der Waals surface area contributed by atoms with E-state index in [4.69, 9.17) is 4.42 Å².